The van der Waals surface area contributed by atoms with Crippen LogP contribution in [0.1, 0.15) is 27.2 Å². The summed E-state index contributed by atoms with van der Waals surface area (Å²) in [5, 5.41) is 14.5. The number of rotatable bonds is 8. The number of aliphatic carboxylic acids is 1. The molecule has 7 nitrogen and oxygen atoms in total. The zero-order valence-electron chi connectivity index (χ0n) is 17.6. The molecule has 0 saturated heterocycles. The van der Waals surface area contributed by atoms with Crippen molar-refractivity contribution in [1.82, 2.24) is 5.32 Å². The molecule has 1 heterocycles. The summed E-state index contributed by atoms with van der Waals surface area (Å²) >= 11 is 0. The topological polar surface area (TPSA) is 109 Å². The van der Waals surface area contributed by atoms with Gasteiger partial charge in [-0.3, -0.25) is 4.79 Å². The highest BCUT2D eigenvalue weighted by molar-refractivity contribution is 5.94. The molecular formula is C24H24NO6-. The zero-order chi connectivity index (χ0) is 22.5. The summed E-state index contributed by atoms with van der Waals surface area (Å²) in [6, 6.07) is 14.7. The molecule has 3 rings (SSSR count). The first-order valence-electron chi connectivity index (χ1n) is 10.1. The highest BCUT2D eigenvalue weighted by atomic mass is 16.5. The molecule has 7 heteroatoms. The monoisotopic (exact) mass is 422 g/mol. The Labute approximate surface area is 179 Å². The number of benzene rings is 2. The largest absolute Gasteiger partial charge is 0.548 e. The molecule has 1 amide bonds. The van der Waals surface area contributed by atoms with Crippen LogP contribution in [0, 0.1) is 5.92 Å². The number of ether oxygens (including phenoxy) is 1. The first-order chi connectivity index (χ1) is 14.8. The molecule has 3 atom stereocenters. The fraction of sp³-hybridized carbons (Fsp3) is 0.292. The van der Waals surface area contributed by atoms with E-state index in [-0.39, 0.29) is 5.92 Å². The van der Waals surface area contributed by atoms with Gasteiger partial charge in [0.25, 0.3) is 5.91 Å². The summed E-state index contributed by atoms with van der Waals surface area (Å²) in [7, 11) is 0. The van der Waals surface area contributed by atoms with Gasteiger partial charge in [-0.1, -0.05) is 50.6 Å². The van der Waals surface area contributed by atoms with E-state index in [4.69, 9.17) is 9.15 Å². The minimum Gasteiger partial charge on any atom is -0.548 e. The van der Waals surface area contributed by atoms with E-state index < -0.39 is 29.6 Å². The van der Waals surface area contributed by atoms with Gasteiger partial charge < -0.3 is 24.4 Å². The molecule has 0 aliphatic heterocycles. The second-order valence-corrected chi connectivity index (χ2v) is 7.45. The van der Waals surface area contributed by atoms with E-state index in [1.165, 1.54) is 19.1 Å². The van der Waals surface area contributed by atoms with Gasteiger partial charge in [-0.05, 0) is 36.1 Å². The second-order valence-electron chi connectivity index (χ2n) is 7.45. The van der Waals surface area contributed by atoms with E-state index in [2.05, 4.69) is 5.32 Å². The molecule has 0 fully saturated rings. The van der Waals surface area contributed by atoms with Crippen molar-refractivity contribution in [3.8, 4) is 16.9 Å². The van der Waals surface area contributed by atoms with Gasteiger partial charge >= 0.3 is 5.63 Å². The summed E-state index contributed by atoms with van der Waals surface area (Å²) in [6.07, 6.45) is -0.394. The molecule has 2 aromatic carbocycles. The van der Waals surface area contributed by atoms with Crippen molar-refractivity contribution in [3.63, 3.8) is 0 Å². The van der Waals surface area contributed by atoms with Crippen LogP contribution in [0.5, 0.6) is 5.75 Å². The Morgan fingerprint density at radius 2 is 1.81 bits per heavy atom. The first-order valence-corrected chi connectivity index (χ1v) is 10.1. The van der Waals surface area contributed by atoms with Crippen LogP contribution < -0.4 is 20.8 Å². The summed E-state index contributed by atoms with van der Waals surface area (Å²) in [5.41, 5.74) is 1.43. The maximum Gasteiger partial charge on any atom is 0.336 e. The van der Waals surface area contributed by atoms with Gasteiger partial charge in [0.1, 0.15) is 11.3 Å². The van der Waals surface area contributed by atoms with Crippen molar-refractivity contribution in [3.05, 3.63) is 65.0 Å². The number of hydrogen-bond donors (Lipinski definition) is 1. The lowest BCUT2D eigenvalue weighted by atomic mass is 9.99. The van der Waals surface area contributed by atoms with Crippen LogP contribution in [-0.2, 0) is 9.59 Å². The molecule has 31 heavy (non-hydrogen) atoms. The molecule has 0 saturated carbocycles. The molecule has 162 valence electrons. The Morgan fingerprint density at radius 1 is 1.10 bits per heavy atom. The van der Waals surface area contributed by atoms with Crippen LogP contribution in [0.3, 0.4) is 0 Å². The van der Waals surface area contributed by atoms with Crippen LogP contribution in [0.2, 0.25) is 0 Å². The van der Waals surface area contributed by atoms with Gasteiger partial charge in [0.15, 0.2) is 6.10 Å². The van der Waals surface area contributed by atoms with Gasteiger partial charge in [0.05, 0.1) is 12.0 Å². The third kappa shape index (κ3) is 5.12. The summed E-state index contributed by atoms with van der Waals surface area (Å²) in [5.74, 6) is -1.88. The van der Waals surface area contributed by atoms with E-state index in [0.717, 1.165) is 16.5 Å². The van der Waals surface area contributed by atoms with E-state index in [1.54, 1.807) is 19.1 Å². The van der Waals surface area contributed by atoms with E-state index >= 15 is 0 Å². The fourth-order valence-electron chi connectivity index (χ4n) is 3.27. The molecule has 0 bridgehead atoms. The van der Waals surface area contributed by atoms with E-state index in [9.17, 15) is 19.5 Å². The van der Waals surface area contributed by atoms with Crippen molar-refractivity contribution < 1.29 is 23.8 Å². The molecule has 0 unspecified atom stereocenters. The van der Waals surface area contributed by atoms with Gasteiger partial charge in [0, 0.05) is 17.5 Å². The van der Waals surface area contributed by atoms with Crippen LogP contribution in [0.15, 0.2) is 63.8 Å². The van der Waals surface area contributed by atoms with E-state index in [0.29, 0.717) is 17.8 Å². The summed E-state index contributed by atoms with van der Waals surface area (Å²) in [6.45, 7) is 5.07. The highest BCUT2D eigenvalue weighted by Crippen LogP contribution is 2.29. The number of hydrogen-bond acceptors (Lipinski definition) is 6. The fourth-order valence-corrected chi connectivity index (χ4v) is 3.27. The van der Waals surface area contributed by atoms with Crippen LogP contribution in [0.25, 0.3) is 22.1 Å². The predicted molar refractivity (Wildman–Crippen MR) is 114 cm³/mol. The Bertz CT molecular complexity index is 1140. The predicted octanol–water partition coefficient (Wildman–Crippen LogP) is 2.51. The van der Waals surface area contributed by atoms with Gasteiger partial charge in [-0.15, -0.1) is 0 Å². The minimum atomic E-state index is -1.34. The van der Waals surface area contributed by atoms with Crippen LogP contribution in [0.4, 0.5) is 0 Å². The zero-order valence-corrected chi connectivity index (χ0v) is 17.6. The second kappa shape index (κ2) is 9.47. The third-order valence-electron chi connectivity index (χ3n) is 5.25. The van der Waals surface area contributed by atoms with Crippen molar-refractivity contribution >= 4 is 22.8 Å². The van der Waals surface area contributed by atoms with Gasteiger partial charge in [-0.25, -0.2) is 4.79 Å². The van der Waals surface area contributed by atoms with Crippen molar-refractivity contribution in [2.75, 3.05) is 0 Å². The molecular weight excluding hydrogens is 398 g/mol. The van der Waals surface area contributed by atoms with Crippen LogP contribution in [-0.4, -0.2) is 24.0 Å². The number of nitrogens with one attached hydrogen (secondary N) is 1. The molecule has 1 aromatic heterocycles. The lowest BCUT2D eigenvalue weighted by Crippen LogP contribution is -2.54. The molecule has 0 spiro atoms. The Hall–Kier alpha value is -3.61. The number of fused-ring (bicyclic) bond motifs is 1. The number of carbonyl (C=O) groups excluding carboxylic acids is 2. The molecule has 0 aliphatic rings. The quantitative estimate of drug-likeness (QED) is 0.559. The van der Waals surface area contributed by atoms with E-state index in [1.807, 2.05) is 37.3 Å². The third-order valence-corrected chi connectivity index (χ3v) is 5.25. The minimum absolute atomic E-state index is 0.285. The Balaban J connectivity index is 1.83. The first kappa shape index (κ1) is 22.1. The molecule has 1 N–H and O–H groups in total. The highest BCUT2D eigenvalue weighted by Gasteiger charge is 2.23. The normalized spacial score (nSPS) is 13.9. The van der Waals surface area contributed by atoms with Crippen molar-refractivity contribution in [2.45, 2.75) is 39.3 Å². The maximum atomic E-state index is 12.4. The SMILES string of the molecule is CC[C@@H](C)[C@@H](NC(=O)[C@H](C)Oc1ccc2c(-c3ccccc3)cc(=O)oc2c1)C(=O)[O-]. The summed E-state index contributed by atoms with van der Waals surface area (Å²) in [4.78, 5) is 35.8. The van der Waals surface area contributed by atoms with Gasteiger partial charge in [-0.2, -0.15) is 0 Å². The smallest absolute Gasteiger partial charge is 0.336 e. The number of amides is 1. The number of carbonyl (C=O) groups is 2. The Morgan fingerprint density at radius 3 is 2.45 bits per heavy atom. The standard InChI is InChI=1S/C24H25NO6/c1-4-14(2)22(24(28)29)25-23(27)15(3)30-17-10-11-18-19(16-8-6-5-7-9-16)13-21(26)31-20(18)12-17/h5-15,22H,4H2,1-3H3,(H,25,27)(H,28,29)/p-1/t14-,15+,22-/m1/s1. The van der Waals surface area contributed by atoms with Gasteiger partial charge in [0.2, 0.25) is 0 Å². The average Bonchev–Trinajstić information content (AvgIpc) is 2.76. The number of carboxylic acid groups (broad SMARTS) is 1. The lowest BCUT2D eigenvalue weighted by molar-refractivity contribution is -0.309. The van der Waals surface area contributed by atoms with Crippen molar-refractivity contribution in [1.29, 1.82) is 0 Å². The average molecular weight is 422 g/mol. The lowest BCUT2D eigenvalue weighted by Gasteiger charge is -2.26. The maximum absolute atomic E-state index is 12.4. The molecule has 0 aliphatic carbocycles. The molecule has 0 radical (unpaired) electrons. The van der Waals surface area contributed by atoms with Crippen molar-refractivity contribution in [2.24, 2.45) is 5.92 Å². The Kier molecular flexibility index (Phi) is 6.74. The van der Waals surface area contributed by atoms with Crippen LogP contribution >= 0.6 is 0 Å². The number of carboxylic acids is 1. The molecule has 3 aromatic rings. The summed E-state index contributed by atoms with van der Waals surface area (Å²) < 4.78 is 11.0.